The van der Waals surface area contributed by atoms with Crippen molar-refractivity contribution in [3.63, 3.8) is 0 Å². The van der Waals surface area contributed by atoms with Gasteiger partial charge in [0.15, 0.2) is 0 Å². The molecule has 0 radical (unpaired) electrons. The second-order valence-electron chi connectivity index (χ2n) is 6.85. The number of carbonyl (C=O) groups excluding carboxylic acids is 2. The summed E-state index contributed by atoms with van der Waals surface area (Å²) in [6.07, 6.45) is 4.44. The molecule has 2 aliphatic rings. The quantitative estimate of drug-likeness (QED) is 0.927. The Hall–Kier alpha value is -2.63. The predicted octanol–water partition coefficient (Wildman–Crippen LogP) is 2.29. The molecule has 3 atom stereocenters. The van der Waals surface area contributed by atoms with Gasteiger partial charge in [-0.1, -0.05) is 6.07 Å². The van der Waals surface area contributed by atoms with Gasteiger partial charge >= 0.3 is 0 Å². The van der Waals surface area contributed by atoms with E-state index in [0.29, 0.717) is 18.0 Å². The van der Waals surface area contributed by atoms with Gasteiger partial charge in [0.05, 0.1) is 12.8 Å². The van der Waals surface area contributed by atoms with E-state index in [-0.39, 0.29) is 23.8 Å². The van der Waals surface area contributed by atoms with Gasteiger partial charge in [-0.15, -0.1) is 0 Å². The first kappa shape index (κ1) is 15.9. The summed E-state index contributed by atoms with van der Waals surface area (Å²) in [4.78, 5) is 31.9. The van der Waals surface area contributed by atoms with Crippen LogP contribution in [-0.4, -0.2) is 33.8 Å². The van der Waals surface area contributed by atoms with Crippen LogP contribution in [0.15, 0.2) is 41.0 Å². The fourth-order valence-electron chi connectivity index (χ4n) is 4.10. The van der Waals surface area contributed by atoms with E-state index in [2.05, 4.69) is 10.3 Å². The average Bonchev–Trinajstić information content (AvgIpc) is 3.35. The zero-order chi connectivity index (χ0) is 17.4. The van der Waals surface area contributed by atoms with Gasteiger partial charge in [-0.3, -0.25) is 9.59 Å². The SMILES string of the molecule is Cc1cccc(C(=O)N2C3CCC(C3)C2C(=O)NCc2ccco2)n1. The molecular weight excluding hydrogens is 318 g/mol. The van der Waals surface area contributed by atoms with Gasteiger partial charge in [-0.25, -0.2) is 4.98 Å². The molecule has 3 heterocycles. The maximum atomic E-state index is 13.0. The number of rotatable bonds is 4. The molecule has 1 N–H and O–H groups in total. The molecule has 0 spiro atoms. The van der Waals surface area contributed by atoms with Gasteiger partial charge in [0.1, 0.15) is 17.5 Å². The van der Waals surface area contributed by atoms with Crippen molar-refractivity contribution >= 4 is 11.8 Å². The van der Waals surface area contributed by atoms with Crippen LogP contribution in [0.25, 0.3) is 0 Å². The van der Waals surface area contributed by atoms with E-state index < -0.39 is 6.04 Å². The highest BCUT2D eigenvalue weighted by atomic mass is 16.3. The zero-order valence-electron chi connectivity index (χ0n) is 14.1. The molecule has 2 aromatic heterocycles. The number of pyridine rings is 1. The molecular formula is C19H21N3O3. The Bertz CT molecular complexity index is 787. The molecule has 1 saturated heterocycles. The highest BCUT2D eigenvalue weighted by molar-refractivity contribution is 5.97. The number of hydrogen-bond donors (Lipinski definition) is 1. The second-order valence-corrected chi connectivity index (χ2v) is 6.85. The van der Waals surface area contributed by atoms with E-state index in [9.17, 15) is 9.59 Å². The molecule has 25 heavy (non-hydrogen) atoms. The van der Waals surface area contributed by atoms with Crippen LogP contribution in [0.4, 0.5) is 0 Å². The minimum atomic E-state index is -0.413. The third-order valence-corrected chi connectivity index (χ3v) is 5.21. The normalized spacial score (nSPS) is 24.5. The average molecular weight is 339 g/mol. The lowest BCUT2D eigenvalue weighted by molar-refractivity contribution is -0.127. The Morgan fingerprint density at radius 3 is 2.92 bits per heavy atom. The lowest BCUT2D eigenvalue weighted by atomic mass is 9.97. The van der Waals surface area contributed by atoms with Crippen LogP contribution in [0.5, 0.6) is 0 Å². The van der Waals surface area contributed by atoms with E-state index in [1.165, 1.54) is 0 Å². The summed E-state index contributed by atoms with van der Waals surface area (Å²) in [6.45, 7) is 2.20. The van der Waals surface area contributed by atoms with Crippen LogP contribution in [0.2, 0.25) is 0 Å². The Kier molecular flexibility index (Phi) is 4.03. The van der Waals surface area contributed by atoms with Crippen molar-refractivity contribution in [3.05, 3.63) is 53.7 Å². The van der Waals surface area contributed by atoms with Crippen molar-refractivity contribution in [2.75, 3.05) is 0 Å². The van der Waals surface area contributed by atoms with E-state index in [1.54, 1.807) is 23.3 Å². The van der Waals surface area contributed by atoms with Crippen molar-refractivity contribution < 1.29 is 14.0 Å². The monoisotopic (exact) mass is 339 g/mol. The van der Waals surface area contributed by atoms with Crippen molar-refractivity contribution in [2.24, 2.45) is 5.92 Å². The molecule has 2 fully saturated rings. The number of aryl methyl sites for hydroxylation is 1. The Labute approximate surface area is 146 Å². The summed E-state index contributed by atoms with van der Waals surface area (Å²) in [5, 5.41) is 2.91. The number of likely N-dealkylation sites (tertiary alicyclic amines) is 1. The molecule has 6 heteroatoms. The maximum absolute atomic E-state index is 13.0. The summed E-state index contributed by atoms with van der Waals surface area (Å²) in [5.74, 6) is 0.684. The largest absolute Gasteiger partial charge is 0.467 e. The van der Waals surface area contributed by atoms with Crippen LogP contribution in [0, 0.1) is 12.8 Å². The molecule has 6 nitrogen and oxygen atoms in total. The summed E-state index contributed by atoms with van der Waals surface area (Å²) in [5.41, 5.74) is 1.21. The summed E-state index contributed by atoms with van der Waals surface area (Å²) in [6, 6.07) is 8.75. The first-order valence-corrected chi connectivity index (χ1v) is 8.70. The van der Waals surface area contributed by atoms with Gasteiger partial charge in [0.25, 0.3) is 5.91 Å². The molecule has 2 bridgehead atoms. The Morgan fingerprint density at radius 1 is 1.28 bits per heavy atom. The lowest BCUT2D eigenvalue weighted by Gasteiger charge is -2.34. The van der Waals surface area contributed by atoms with Gasteiger partial charge in [0.2, 0.25) is 5.91 Å². The van der Waals surface area contributed by atoms with Gasteiger partial charge < -0.3 is 14.6 Å². The van der Waals surface area contributed by atoms with Crippen molar-refractivity contribution in [1.29, 1.82) is 0 Å². The Balaban J connectivity index is 1.53. The van der Waals surface area contributed by atoms with Gasteiger partial charge in [-0.05, 0) is 56.4 Å². The number of nitrogens with one attached hydrogen (secondary N) is 1. The number of carbonyl (C=O) groups is 2. The van der Waals surface area contributed by atoms with E-state index in [4.69, 9.17) is 4.42 Å². The predicted molar refractivity (Wildman–Crippen MR) is 90.6 cm³/mol. The number of amides is 2. The molecule has 130 valence electrons. The van der Waals surface area contributed by atoms with Crippen molar-refractivity contribution in [2.45, 2.75) is 44.8 Å². The second kappa shape index (κ2) is 6.35. The minimum absolute atomic E-state index is 0.107. The van der Waals surface area contributed by atoms with Gasteiger partial charge in [0, 0.05) is 11.7 Å². The number of hydrogen-bond acceptors (Lipinski definition) is 4. The van der Waals surface area contributed by atoms with Crippen LogP contribution in [0.1, 0.15) is 41.2 Å². The van der Waals surface area contributed by atoms with Gasteiger partial charge in [-0.2, -0.15) is 0 Å². The fourth-order valence-corrected chi connectivity index (χ4v) is 4.10. The molecule has 0 aromatic carbocycles. The van der Waals surface area contributed by atoms with E-state index in [1.807, 2.05) is 25.1 Å². The van der Waals surface area contributed by atoms with Crippen LogP contribution in [0.3, 0.4) is 0 Å². The molecule has 1 saturated carbocycles. The highest BCUT2D eigenvalue weighted by Crippen LogP contribution is 2.43. The first-order valence-electron chi connectivity index (χ1n) is 8.70. The molecule has 2 aromatic rings. The topological polar surface area (TPSA) is 75.4 Å². The number of furan rings is 1. The molecule has 2 amide bonds. The van der Waals surface area contributed by atoms with Crippen LogP contribution >= 0.6 is 0 Å². The number of fused-ring (bicyclic) bond motifs is 2. The number of aromatic nitrogens is 1. The Morgan fingerprint density at radius 2 is 2.16 bits per heavy atom. The van der Waals surface area contributed by atoms with Crippen LogP contribution < -0.4 is 5.32 Å². The summed E-state index contributed by atoms with van der Waals surface area (Å²) in [7, 11) is 0. The lowest BCUT2D eigenvalue weighted by Crippen LogP contribution is -2.52. The standard InChI is InChI=1S/C19H21N3O3/c1-12-4-2-6-16(21-12)19(24)22-14-8-7-13(10-14)17(22)18(23)20-11-15-5-3-9-25-15/h2-6,9,13-14,17H,7-8,10-11H2,1H3,(H,20,23). The van der Waals surface area contributed by atoms with Crippen LogP contribution in [-0.2, 0) is 11.3 Å². The third kappa shape index (κ3) is 2.92. The minimum Gasteiger partial charge on any atom is -0.467 e. The van der Waals surface area contributed by atoms with Crippen molar-refractivity contribution in [3.8, 4) is 0 Å². The third-order valence-electron chi connectivity index (χ3n) is 5.21. The van der Waals surface area contributed by atoms with Crippen molar-refractivity contribution in [1.82, 2.24) is 15.2 Å². The number of nitrogens with zero attached hydrogens (tertiary/aromatic N) is 2. The molecule has 3 unspecified atom stereocenters. The van der Waals surface area contributed by atoms with E-state index >= 15 is 0 Å². The highest BCUT2D eigenvalue weighted by Gasteiger charge is 2.51. The smallest absolute Gasteiger partial charge is 0.273 e. The number of piperidine rings is 1. The summed E-state index contributed by atoms with van der Waals surface area (Å²) < 4.78 is 5.26. The summed E-state index contributed by atoms with van der Waals surface area (Å²) >= 11 is 0. The maximum Gasteiger partial charge on any atom is 0.273 e. The first-order chi connectivity index (χ1) is 12.1. The fraction of sp³-hybridized carbons (Fsp3) is 0.421. The van der Waals surface area contributed by atoms with E-state index in [0.717, 1.165) is 25.0 Å². The zero-order valence-corrected chi connectivity index (χ0v) is 14.1. The molecule has 1 aliphatic carbocycles. The molecule has 4 rings (SSSR count). The molecule has 1 aliphatic heterocycles.